The predicted octanol–water partition coefficient (Wildman–Crippen LogP) is 2.77. The summed E-state index contributed by atoms with van der Waals surface area (Å²) < 4.78 is 14.4. The molecule has 0 atom stereocenters. The van der Waals surface area contributed by atoms with Gasteiger partial charge in [-0.1, -0.05) is 13.8 Å². The standard InChI is InChI=1S/C8H11FN2.C2H6/c1-6-4-11(10-8(6)9)5-7-2-3-7;1-2/h4,7H,2-3,5H2,1H3;1-2H3. The van der Waals surface area contributed by atoms with Crippen LogP contribution in [0.3, 0.4) is 0 Å². The third kappa shape index (κ3) is 2.83. The second-order valence-electron chi connectivity index (χ2n) is 3.27. The average molecular weight is 184 g/mol. The van der Waals surface area contributed by atoms with Gasteiger partial charge in [0.15, 0.2) is 0 Å². The van der Waals surface area contributed by atoms with E-state index in [0.29, 0.717) is 5.56 Å². The van der Waals surface area contributed by atoms with Crippen LogP contribution in [-0.4, -0.2) is 9.78 Å². The van der Waals surface area contributed by atoms with Gasteiger partial charge in [0.25, 0.3) is 0 Å². The Labute approximate surface area is 78.8 Å². The molecule has 0 aliphatic heterocycles. The molecule has 13 heavy (non-hydrogen) atoms. The van der Waals surface area contributed by atoms with E-state index in [9.17, 15) is 4.39 Å². The van der Waals surface area contributed by atoms with Crippen molar-refractivity contribution in [3.05, 3.63) is 17.7 Å². The van der Waals surface area contributed by atoms with Crippen LogP contribution in [0.1, 0.15) is 32.3 Å². The minimum Gasteiger partial charge on any atom is -0.269 e. The minimum atomic E-state index is -0.328. The second-order valence-corrected chi connectivity index (χ2v) is 3.27. The van der Waals surface area contributed by atoms with Crippen LogP contribution in [0.5, 0.6) is 0 Å². The summed E-state index contributed by atoms with van der Waals surface area (Å²) in [5.41, 5.74) is 0.644. The Morgan fingerprint density at radius 2 is 2.15 bits per heavy atom. The fraction of sp³-hybridized carbons (Fsp3) is 0.700. The molecule has 0 aromatic carbocycles. The first kappa shape index (κ1) is 10.2. The van der Waals surface area contributed by atoms with Crippen molar-refractivity contribution in [2.45, 2.75) is 40.2 Å². The number of hydrogen-bond acceptors (Lipinski definition) is 1. The van der Waals surface area contributed by atoms with Crippen LogP contribution in [0.15, 0.2) is 6.20 Å². The Balaban J connectivity index is 0.000000396. The van der Waals surface area contributed by atoms with Crippen molar-refractivity contribution in [3.63, 3.8) is 0 Å². The highest BCUT2D eigenvalue weighted by molar-refractivity contribution is 5.02. The molecule has 0 bridgehead atoms. The fourth-order valence-corrected chi connectivity index (χ4v) is 1.16. The molecule has 2 rings (SSSR count). The highest BCUT2D eigenvalue weighted by Gasteiger charge is 2.22. The maximum Gasteiger partial charge on any atom is 0.235 e. The van der Waals surface area contributed by atoms with Gasteiger partial charge in [0, 0.05) is 18.3 Å². The van der Waals surface area contributed by atoms with E-state index in [1.54, 1.807) is 17.8 Å². The quantitative estimate of drug-likeness (QED) is 0.691. The fourth-order valence-electron chi connectivity index (χ4n) is 1.16. The van der Waals surface area contributed by atoms with Crippen molar-refractivity contribution in [3.8, 4) is 0 Å². The van der Waals surface area contributed by atoms with Gasteiger partial charge in [-0.25, -0.2) is 0 Å². The summed E-state index contributed by atoms with van der Waals surface area (Å²) in [5, 5.41) is 3.74. The van der Waals surface area contributed by atoms with Crippen LogP contribution in [0.2, 0.25) is 0 Å². The van der Waals surface area contributed by atoms with Crippen LogP contribution in [0, 0.1) is 18.8 Å². The van der Waals surface area contributed by atoms with E-state index in [4.69, 9.17) is 0 Å². The van der Waals surface area contributed by atoms with Crippen LogP contribution in [0.25, 0.3) is 0 Å². The molecular weight excluding hydrogens is 167 g/mol. The summed E-state index contributed by atoms with van der Waals surface area (Å²) in [5.74, 6) is 0.430. The predicted molar refractivity (Wildman–Crippen MR) is 51.0 cm³/mol. The van der Waals surface area contributed by atoms with Crippen LogP contribution < -0.4 is 0 Å². The monoisotopic (exact) mass is 184 g/mol. The molecule has 1 heterocycles. The summed E-state index contributed by atoms with van der Waals surface area (Å²) >= 11 is 0. The Bertz CT molecular complexity index is 244. The van der Waals surface area contributed by atoms with Gasteiger partial charge in [0.05, 0.1) is 0 Å². The molecule has 74 valence electrons. The zero-order valence-corrected chi connectivity index (χ0v) is 8.55. The molecule has 0 saturated heterocycles. The molecule has 1 aromatic rings. The number of hydrogen-bond donors (Lipinski definition) is 0. The Morgan fingerprint density at radius 1 is 1.54 bits per heavy atom. The van der Waals surface area contributed by atoms with Crippen LogP contribution >= 0.6 is 0 Å². The Kier molecular flexibility index (Phi) is 3.46. The summed E-state index contributed by atoms with van der Waals surface area (Å²) in [6, 6.07) is 0. The molecule has 0 spiro atoms. The molecule has 0 amide bonds. The summed E-state index contributed by atoms with van der Waals surface area (Å²) in [6.07, 6.45) is 4.33. The molecule has 1 aliphatic rings. The van der Waals surface area contributed by atoms with Gasteiger partial charge in [-0.05, 0) is 25.7 Å². The number of rotatable bonds is 2. The van der Waals surface area contributed by atoms with Gasteiger partial charge in [-0.15, -0.1) is 5.10 Å². The maximum absolute atomic E-state index is 12.7. The van der Waals surface area contributed by atoms with E-state index in [0.717, 1.165) is 12.5 Å². The first-order chi connectivity index (χ1) is 6.25. The molecule has 1 fully saturated rings. The van der Waals surface area contributed by atoms with Crippen molar-refractivity contribution in [2.75, 3.05) is 0 Å². The maximum atomic E-state index is 12.7. The molecule has 1 aliphatic carbocycles. The van der Waals surface area contributed by atoms with E-state index in [2.05, 4.69) is 5.10 Å². The number of nitrogens with zero attached hydrogens (tertiary/aromatic N) is 2. The van der Waals surface area contributed by atoms with Gasteiger partial charge in [-0.2, -0.15) is 4.39 Å². The lowest BCUT2D eigenvalue weighted by atomic mass is 10.4. The van der Waals surface area contributed by atoms with Crippen molar-refractivity contribution >= 4 is 0 Å². The Hall–Kier alpha value is -0.860. The summed E-state index contributed by atoms with van der Waals surface area (Å²) in [7, 11) is 0. The second kappa shape index (κ2) is 4.40. The average Bonchev–Trinajstić information content (AvgIpc) is 2.86. The van der Waals surface area contributed by atoms with Crippen molar-refractivity contribution in [1.82, 2.24) is 9.78 Å². The molecule has 1 aromatic heterocycles. The molecule has 1 saturated carbocycles. The molecule has 0 radical (unpaired) electrons. The van der Waals surface area contributed by atoms with Gasteiger partial charge in [0.2, 0.25) is 5.95 Å². The third-order valence-electron chi connectivity index (χ3n) is 2.03. The van der Waals surface area contributed by atoms with Crippen LogP contribution in [-0.2, 0) is 6.54 Å². The normalized spacial score (nSPS) is 15.1. The van der Waals surface area contributed by atoms with E-state index < -0.39 is 0 Å². The molecule has 0 unspecified atom stereocenters. The van der Waals surface area contributed by atoms with Crippen molar-refractivity contribution < 1.29 is 4.39 Å². The zero-order chi connectivity index (χ0) is 9.84. The molecular formula is C10H17FN2. The van der Waals surface area contributed by atoms with Crippen molar-refractivity contribution in [1.29, 1.82) is 0 Å². The van der Waals surface area contributed by atoms with Gasteiger partial charge >= 0.3 is 0 Å². The third-order valence-corrected chi connectivity index (χ3v) is 2.03. The van der Waals surface area contributed by atoms with Crippen LogP contribution in [0.4, 0.5) is 4.39 Å². The van der Waals surface area contributed by atoms with E-state index >= 15 is 0 Å². The van der Waals surface area contributed by atoms with E-state index in [1.165, 1.54) is 12.8 Å². The van der Waals surface area contributed by atoms with Gasteiger partial charge < -0.3 is 0 Å². The molecule has 2 nitrogen and oxygen atoms in total. The lowest BCUT2D eigenvalue weighted by Gasteiger charge is -1.95. The number of aryl methyl sites for hydroxylation is 1. The zero-order valence-electron chi connectivity index (χ0n) is 8.55. The van der Waals surface area contributed by atoms with Gasteiger partial charge in [0.1, 0.15) is 0 Å². The molecule has 3 heteroatoms. The number of aromatic nitrogens is 2. The summed E-state index contributed by atoms with van der Waals surface area (Å²) in [6.45, 7) is 6.64. The smallest absolute Gasteiger partial charge is 0.235 e. The summed E-state index contributed by atoms with van der Waals surface area (Å²) in [4.78, 5) is 0. The SMILES string of the molecule is CC.Cc1cn(CC2CC2)nc1F. The lowest BCUT2D eigenvalue weighted by Crippen LogP contribution is -1.99. The van der Waals surface area contributed by atoms with Gasteiger partial charge in [-0.3, -0.25) is 4.68 Å². The lowest BCUT2D eigenvalue weighted by molar-refractivity contribution is 0.500. The van der Waals surface area contributed by atoms with Crippen molar-refractivity contribution in [2.24, 2.45) is 5.92 Å². The van der Waals surface area contributed by atoms with E-state index in [1.807, 2.05) is 13.8 Å². The molecule has 0 N–H and O–H groups in total. The largest absolute Gasteiger partial charge is 0.269 e. The van der Waals surface area contributed by atoms with E-state index in [-0.39, 0.29) is 5.95 Å². The first-order valence-corrected chi connectivity index (χ1v) is 4.95. The highest BCUT2D eigenvalue weighted by atomic mass is 19.1. The highest BCUT2D eigenvalue weighted by Crippen LogP contribution is 2.30. The Morgan fingerprint density at radius 3 is 2.54 bits per heavy atom. The number of halogens is 1. The first-order valence-electron chi connectivity index (χ1n) is 4.95. The minimum absolute atomic E-state index is 0.328. The topological polar surface area (TPSA) is 17.8 Å².